The lowest BCUT2D eigenvalue weighted by molar-refractivity contribution is 0.160. The number of anilines is 2. The fraction of sp³-hybridized carbons (Fsp3) is 0.458. The number of rotatable bonds is 4. The summed E-state index contributed by atoms with van der Waals surface area (Å²) in [5.74, 6) is 1.66. The Labute approximate surface area is 189 Å². The first-order valence-corrected chi connectivity index (χ1v) is 10.9. The molecule has 0 bridgehead atoms. The number of nitrogen functional groups attached to an aromatic ring is 1. The van der Waals surface area contributed by atoms with E-state index in [9.17, 15) is 0 Å². The van der Waals surface area contributed by atoms with Gasteiger partial charge in [-0.05, 0) is 59.1 Å². The van der Waals surface area contributed by atoms with Gasteiger partial charge in [0.1, 0.15) is 12.1 Å². The number of hydrogen-bond donors (Lipinski definition) is 2. The van der Waals surface area contributed by atoms with E-state index in [2.05, 4.69) is 59.9 Å². The van der Waals surface area contributed by atoms with E-state index in [1.807, 2.05) is 37.5 Å². The molecule has 0 saturated carbocycles. The first-order valence-electron chi connectivity index (χ1n) is 10.9. The minimum absolute atomic E-state index is 0.0795. The maximum atomic E-state index is 5.69. The van der Waals surface area contributed by atoms with E-state index < -0.39 is 0 Å². The highest BCUT2D eigenvalue weighted by molar-refractivity contribution is 5.69. The van der Waals surface area contributed by atoms with Crippen LogP contribution >= 0.6 is 0 Å². The standard InChI is InChI=1S/C24H32N8/c1-15-9-16(21-28-14-29-22(25)30-21)7-8-18(15)19-12-27-20(13-26-19)32(6)17-10-23(2,3)31-24(4,5)11-17/h7-9,12-14,17,31H,10-11H2,1-6H3,(H2,25,28,29,30). The molecule has 3 aromatic rings. The summed E-state index contributed by atoms with van der Waals surface area (Å²) in [6.07, 6.45) is 7.26. The van der Waals surface area contributed by atoms with Crippen LogP contribution in [0.15, 0.2) is 36.9 Å². The average molecular weight is 433 g/mol. The minimum atomic E-state index is 0.0795. The molecule has 0 atom stereocenters. The van der Waals surface area contributed by atoms with E-state index in [4.69, 9.17) is 15.7 Å². The highest BCUT2D eigenvalue weighted by atomic mass is 15.2. The van der Waals surface area contributed by atoms with Crippen molar-refractivity contribution in [3.8, 4) is 22.6 Å². The van der Waals surface area contributed by atoms with Gasteiger partial charge in [0.05, 0.1) is 18.1 Å². The fourth-order valence-electron chi connectivity index (χ4n) is 4.91. The third kappa shape index (κ3) is 4.70. The minimum Gasteiger partial charge on any atom is -0.368 e. The van der Waals surface area contributed by atoms with Crippen molar-refractivity contribution in [2.24, 2.45) is 0 Å². The molecule has 8 nitrogen and oxygen atoms in total. The molecule has 168 valence electrons. The largest absolute Gasteiger partial charge is 0.368 e. The number of nitrogens with zero attached hydrogens (tertiary/aromatic N) is 6. The molecule has 0 spiro atoms. The van der Waals surface area contributed by atoms with Gasteiger partial charge in [0.15, 0.2) is 5.82 Å². The lowest BCUT2D eigenvalue weighted by Crippen LogP contribution is -2.62. The van der Waals surface area contributed by atoms with Crippen LogP contribution in [0, 0.1) is 6.92 Å². The van der Waals surface area contributed by atoms with Crippen molar-refractivity contribution in [3.05, 3.63) is 42.5 Å². The quantitative estimate of drug-likeness (QED) is 0.644. The molecule has 3 N–H and O–H groups in total. The van der Waals surface area contributed by atoms with Gasteiger partial charge < -0.3 is 16.0 Å². The molecule has 8 heteroatoms. The van der Waals surface area contributed by atoms with Crippen molar-refractivity contribution in [1.29, 1.82) is 0 Å². The number of aromatic nitrogens is 5. The van der Waals surface area contributed by atoms with E-state index in [1.54, 1.807) is 0 Å². The summed E-state index contributed by atoms with van der Waals surface area (Å²) in [7, 11) is 2.12. The van der Waals surface area contributed by atoms with Gasteiger partial charge in [-0.15, -0.1) is 0 Å². The monoisotopic (exact) mass is 432 g/mol. The van der Waals surface area contributed by atoms with Crippen molar-refractivity contribution < 1.29 is 0 Å². The van der Waals surface area contributed by atoms with Gasteiger partial charge in [-0.2, -0.15) is 4.98 Å². The molecule has 2 aromatic heterocycles. The lowest BCUT2D eigenvalue weighted by Gasteiger charge is -2.49. The van der Waals surface area contributed by atoms with Crippen molar-refractivity contribution in [3.63, 3.8) is 0 Å². The van der Waals surface area contributed by atoms with Gasteiger partial charge in [-0.3, -0.25) is 4.98 Å². The van der Waals surface area contributed by atoms with Gasteiger partial charge in [-0.25, -0.2) is 15.0 Å². The maximum Gasteiger partial charge on any atom is 0.223 e. The highest BCUT2D eigenvalue weighted by Gasteiger charge is 2.39. The average Bonchev–Trinajstić information content (AvgIpc) is 2.71. The molecule has 32 heavy (non-hydrogen) atoms. The Kier molecular flexibility index (Phi) is 5.58. The SMILES string of the molecule is Cc1cc(-c2ncnc(N)n2)ccc1-c1cnc(N(C)C2CC(C)(C)NC(C)(C)C2)cn1. The van der Waals surface area contributed by atoms with Gasteiger partial charge in [0.25, 0.3) is 0 Å². The molecule has 1 saturated heterocycles. The van der Waals surface area contributed by atoms with Crippen LogP contribution in [0.5, 0.6) is 0 Å². The second kappa shape index (κ2) is 8.09. The van der Waals surface area contributed by atoms with Crippen molar-refractivity contribution in [2.75, 3.05) is 17.7 Å². The predicted molar refractivity (Wildman–Crippen MR) is 128 cm³/mol. The molecular weight excluding hydrogens is 400 g/mol. The molecule has 0 unspecified atom stereocenters. The summed E-state index contributed by atoms with van der Waals surface area (Å²) < 4.78 is 0. The molecule has 3 heterocycles. The molecule has 0 amide bonds. The van der Waals surface area contributed by atoms with E-state index in [1.165, 1.54) is 6.33 Å². The first-order chi connectivity index (χ1) is 15.0. The van der Waals surface area contributed by atoms with E-state index in [-0.39, 0.29) is 17.0 Å². The summed E-state index contributed by atoms with van der Waals surface area (Å²) >= 11 is 0. The predicted octanol–water partition coefficient (Wildman–Crippen LogP) is 3.63. The van der Waals surface area contributed by atoms with Gasteiger partial charge >= 0.3 is 0 Å². The Balaban J connectivity index is 1.55. The summed E-state index contributed by atoms with van der Waals surface area (Å²) in [6, 6.07) is 6.43. The smallest absolute Gasteiger partial charge is 0.223 e. The van der Waals surface area contributed by atoms with Crippen LogP contribution in [-0.4, -0.2) is 49.1 Å². The third-order valence-corrected chi connectivity index (χ3v) is 6.07. The van der Waals surface area contributed by atoms with Crippen LogP contribution in [0.4, 0.5) is 11.8 Å². The number of piperidine rings is 1. The second-order valence-corrected chi connectivity index (χ2v) is 10.0. The third-order valence-electron chi connectivity index (χ3n) is 6.07. The molecular formula is C24H32N8. The van der Waals surface area contributed by atoms with Crippen LogP contribution in [0.25, 0.3) is 22.6 Å². The number of nitrogens with one attached hydrogen (secondary N) is 1. The topological polar surface area (TPSA) is 106 Å². The Morgan fingerprint density at radius 2 is 1.72 bits per heavy atom. The fourth-order valence-corrected chi connectivity index (χ4v) is 4.91. The van der Waals surface area contributed by atoms with E-state index in [0.717, 1.165) is 41.0 Å². The number of nitrogens with two attached hydrogens (primary N) is 1. The summed E-state index contributed by atoms with van der Waals surface area (Å²) in [5, 5.41) is 3.74. The molecule has 1 aromatic carbocycles. The Morgan fingerprint density at radius 3 is 2.31 bits per heavy atom. The zero-order chi connectivity index (χ0) is 23.1. The molecule has 4 rings (SSSR count). The summed E-state index contributed by atoms with van der Waals surface area (Å²) in [6.45, 7) is 11.1. The van der Waals surface area contributed by atoms with Crippen LogP contribution < -0.4 is 16.0 Å². The zero-order valence-corrected chi connectivity index (χ0v) is 19.7. The number of benzene rings is 1. The molecule has 0 aliphatic carbocycles. The number of aryl methyl sites for hydroxylation is 1. The lowest BCUT2D eigenvalue weighted by atomic mass is 9.79. The van der Waals surface area contributed by atoms with Crippen molar-refractivity contribution >= 4 is 11.8 Å². The van der Waals surface area contributed by atoms with E-state index in [0.29, 0.717) is 11.9 Å². The summed E-state index contributed by atoms with van der Waals surface area (Å²) in [5.41, 5.74) is 9.68. The maximum absolute atomic E-state index is 5.69. The first kappa shape index (κ1) is 22.1. The van der Waals surface area contributed by atoms with Crippen LogP contribution in [0.3, 0.4) is 0 Å². The zero-order valence-electron chi connectivity index (χ0n) is 19.7. The number of hydrogen-bond acceptors (Lipinski definition) is 8. The normalized spacial score (nSPS) is 17.8. The van der Waals surface area contributed by atoms with Gasteiger partial charge in [0.2, 0.25) is 5.95 Å². The second-order valence-electron chi connectivity index (χ2n) is 10.0. The van der Waals surface area contributed by atoms with Crippen LogP contribution in [0.1, 0.15) is 46.1 Å². The highest BCUT2D eigenvalue weighted by Crippen LogP contribution is 2.33. The molecule has 1 fully saturated rings. The van der Waals surface area contributed by atoms with Gasteiger partial charge in [0, 0.05) is 35.3 Å². The molecule has 1 aliphatic heterocycles. The van der Waals surface area contributed by atoms with Crippen LogP contribution in [0.2, 0.25) is 0 Å². The van der Waals surface area contributed by atoms with Crippen LogP contribution in [-0.2, 0) is 0 Å². The van der Waals surface area contributed by atoms with Crippen molar-refractivity contribution in [1.82, 2.24) is 30.2 Å². The Bertz CT molecular complexity index is 1090. The van der Waals surface area contributed by atoms with Crippen molar-refractivity contribution in [2.45, 2.75) is 64.6 Å². The van der Waals surface area contributed by atoms with Gasteiger partial charge in [-0.1, -0.05) is 12.1 Å². The Hall–Kier alpha value is -3.13. The molecule has 1 aliphatic rings. The Morgan fingerprint density at radius 1 is 1.00 bits per heavy atom. The summed E-state index contributed by atoms with van der Waals surface area (Å²) in [4.78, 5) is 24.0. The van der Waals surface area contributed by atoms with E-state index >= 15 is 0 Å². The molecule has 0 radical (unpaired) electrons.